The number of benzene rings is 3. The van der Waals surface area contributed by atoms with E-state index in [1.165, 1.54) is 42.3 Å². The standard InChI is InChI=1S/C25H16ClN3O6S/c1-35-17-4-2-3-14(11-17)22(30)20-21(13-5-8-16(9-6-13)29(33)34)28(24(32)23(20)31)25-27-18-10-7-15(26)12-19(18)36-25/h2-12,21,30H,1H3. The first-order valence-corrected chi connectivity index (χ1v) is 11.7. The molecule has 0 bridgehead atoms. The lowest BCUT2D eigenvalue weighted by Gasteiger charge is -2.22. The largest absolute Gasteiger partial charge is 0.507 e. The van der Waals surface area contributed by atoms with Crippen molar-refractivity contribution in [2.24, 2.45) is 0 Å². The summed E-state index contributed by atoms with van der Waals surface area (Å²) >= 11 is 7.26. The van der Waals surface area contributed by atoms with Crippen molar-refractivity contribution >= 4 is 61.4 Å². The molecule has 1 aromatic heterocycles. The normalized spacial score (nSPS) is 17.1. The van der Waals surface area contributed by atoms with Crippen LogP contribution in [0.25, 0.3) is 16.0 Å². The number of thiazole rings is 1. The quantitative estimate of drug-likeness (QED) is 0.121. The van der Waals surface area contributed by atoms with Crippen LogP contribution in [0.1, 0.15) is 17.2 Å². The highest BCUT2D eigenvalue weighted by molar-refractivity contribution is 7.22. The van der Waals surface area contributed by atoms with Gasteiger partial charge in [-0.15, -0.1) is 0 Å². The van der Waals surface area contributed by atoms with Crippen molar-refractivity contribution in [1.82, 2.24) is 4.98 Å². The molecular weight excluding hydrogens is 506 g/mol. The molecule has 1 unspecified atom stereocenters. The summed E-state index contributed by atoms with van der Waals surface area (Å²) in [5, 5.41) is 23.1. The van der Waals surface area contributed by atoms with Gasteiger partial charge in [-0.1, -0.05) is 35.1 Å². The molecule has 9 nitrogen and oxygen atoms in total. The van der Waals surface area contributed by atoms with Gasteiger partial charge in [-0.05, 0) is 48.0 Å². The number of ketones is 1. The number of fused-ring (bicyclic) bond motifs is 1. The van der Waals surface area contributed by atoms with Crippen LogP contribution in [0, 0.1) is 10.1 Å². The molecule has 0 saturated carbocycles. The van der Waals surface area contributed by atoms with Crippen LogP contribution >= 0.6 is 22.9 Å². The molecule has 4 aromatic rings. The zero-order valence-corrected chi connectivity index (χ0v) is 20.1. The molecule has 0 spiro atoms. The first-order valence-electron chi connectivity index (χ1n) is 10.5. The van der Waals surface area contributed by atoms with E-state index < -0.39 is 28.4 Å². The predicted octanol–water partition coefficient (Wildman–Crippen LogP) is 5.49. The molecule has 1 atom stereocenters. The zero-order chi connectivity index (χ0) is 25.6. The third-order valence-electron chi connectivity index (χ3n) is 5.75. The summed E-state index contributed by atoms with van der Waals surface area (Å²) in [6.45, 7) is 0. The molecule has 5 rings (SSSR count). The van der Waals surface area contributed by atoms with Gasteiger partial charge in [0.15, 0.2) is 5.13 Å². The number of nitro benzene ring substituents is 1. The summed E-state index contributed by atoms with van der Waals surface area (Å²) in [5.41, 5.74) is 0.922. The highest BCUT2D eigenvalue weighted by Crippen LogP contribution is 2.45. The number of anilines is 1. The van der Waals surface area contributed by atoms with Crippen LogP contribution in [0.2, 0.25) is 5.02 Å². The Bertz CT molecular complexity index is 1580. The van der Waals surface area contributed by atoms with E-state index >= 15 is 0 Å². The van der Waals surface area contributed by atoms with E-state index in [-0.39, 0.29) is 22.0 Å². The molecule has 0 radical (unpaired) electrons. The maximum atomic E-state index is 13.3. The van der Waals surface area contributed by atoms with Crippen molar-refractivity contribution in [2.75, 3.05) is 12.0 Å². The number of aromatic nitrogens is 1. The number of Topliss-reactive ketones (excluding diaryl/α,β-unsaturated/α-hetero) is 1. The van der Waals surface area contributed by atoms with Crippen LogP contribution in [0.4, 0.5) is 10.8 Å². The van der Waals surface area contributed by atoms with E-state index in [0.717, 1.165) is 11.3 Å². The molecule has 1 aliphatic heterocycles. The smallest absolute Gasteiger partial charge is 0.301 e. The topological polar surface area (TPSA) is 123 Å². The number of carbonyl (C=O) groups excluding carboxylic acids is 2. The van der Waals surface area contributed by atoms with Crippen molar-refractivity contribution in [1.29, 1.82) is 0 Å². The van der Waals surface area contributed by atoms with Gasteiger partial charge < -0.3 is 9.84 Å². The monoisotopic (exact) mass is 521 g/mol. The lowest BCUT2D eigenvalue weighted by molar-refractivity contribution is -0.384. The second kappa shape index (κ2) is 9.06. The number of aliphatic hydroxyl groups is 1. The molecule has 11 heteroatoms. The second-order valence-corrected chi connectivity index (χ2v) is 9.30. The van der Waals surface area contributed by atoms with Gasteiger partial charge in [0, 0.05) is 22.7 Å². The van der Waals surface area contributed by atoms with E-state index in [1.54, 1.807) is 36.4 Å². The van der Waals surface area contributed by atoms with E-state index in [9.17, 15) is 24.8 Å². The number of nitrogens with zero attached hydrogens (tertiary/aromatic N) is 3. The van der Waals surface area contributed by atoms with Gasteiger partial charge in [0.25, 0.3) is 11.5 Å². The summed E-state index contributed by atoms with van der Waals surface area (Å²) in [5.74, 6) is -1.74. The van der Waals surface area contributed by atoms with Gasteiger partial charge in [-0.3, -0.25) is 24.6 Å². The number of rotatable bonds is 5. The SMILES string of the molecule is COc1cccc(C(O)=C2C(=O)C(=O)N(c3nc4ccc(Cl)cc4s3)C2c2ccc([N+](=O)[O-])cc2)c1. The van der Waals surface area contributed by atoms with Crippen molar-refractivity contribution < 1.29 is 24.4 Å². The second-order valence-electron chi connectivity index (χ2n) is 7.86. The maximum absolute atomic E-state index is 13.3. The molecule has 1 N–H and O–H groups in total. The lowest BCUT2D eigenvalue weighted by Crippen LogP contribution is -2.29. The molecule has 1 amide bonds. The third-order valence-corrected chi connectivity index (χ3v) is 7.01. The molecule has 2 heterocycles. The van der Waals surface area contributed by atoms with Crippen LogP contribution in [0.15, 0.2) is 72.3 Å². The Hall–Kier alpha value is -4.28. The first-order chi connectivity index (χ1) is 17.3. The van der Waals surface area contributed by atoms with Crippen LogP contribution in [-0.2, 0) is 9.59 Å². The molecule has 0 aliphatic carbocycles. The number of hydrogen-bond donors (Lipinski definition) is 1. The highest BCUT2D eigenvalue weighted by atomic mass is 35.5. The van der Waals surface area contributed by atoms with E-state index in [0.29, 0.717) is 26.6 Å². The number of amides is 1. The molecule has 3 aromatic carbocycles. The minimum Gasteiger partial charge on any atom is -0.507 e. The number of ether oxygens (including phenoxy) is 1. The number of non-ortho nitro benzene ring substituents is 1. The first kappa shape index (κ1) is 23.5. The highest BCUT2D eigenvalue weighted by Gasteiger charge is 2.48. The number of aliphatic hydroxyl groups excluding tert-OH is 1. The van der Waals surface area contributed by atoms with Gasteiger partial charge in [-0.25, -0.2) is 4.98 Å². The summed E-state index contributed by atoms with van der Waals surface area (Å²) in [6.07, 6.45) is 0. The molecule has 180 valence electrons. The fourth-order valence-electron chi connectivity index (χ4n) is 4.04. The number of carbonyl (C=O) groups is 2. The Morgan fingerprint density at radius 2 is 1.89 bits per heavy atom. The summed E-state index contributed by atoms with van der Waals surface area (Å²) in [6, 6.07) is 15.9. The number of hydrogen-bond acceptors (Lipinski definition) is 8. The fourth-order valence-corrected chi connectivity index (χ4v) is 5.31. The summed E-state index contributed by atoms with van der Waals surface area (Å²) < 4.78 is 5.92. The van der Waals surface area contributed by atoms with Gasteiger partial charge in [0.1, 0.15) is 11.5 Å². The fraction of sp³-hybridized carbons (Fsp3) is 0.0800. The van der Waals surface area contributed by atoms with E-state index in [1.807, 2.05) is 0 Å². The molecule has 1 fully saturated rings. The van der Waals surface area contributed by atoms with E-state index in [2.05, 4.69) is 4.98 Å². The van der Waals surface area contributed by atoms with Crippen molar-refractivity contribution in [3.63, 3.8) is 0 Å². The number of halogens is 1. The van der Waals surface area contributed by atoms with Crippen LogP contribution < -0.4 is 9.64 Å². The molecule has 1 saturated heterocycles. The van der Waals surface area contributed by atoms with Crippen molar-refractivity contribution in [3.05, 3.63) is 98.6 Å². The number of nitro groups is 1. The molecule has 1 aliphatic rings. The maximum Gasteiger partial charge on any atom is 0.301 e. The lowest BCUT2D eigenvalue weighted by atomic mass is 9.95. The Morgan fingerprint density at radius 1 is 1.14 bits per heavy atom. The number of methoxy groups -OCH3 is 1. The Morgan fingerprint density at radius 3 is 2.58 bits per heavy atom. The molecular formula is C25H16ClN3O6S. The minimum atomic E-state index is -1.08. The van der Waals surface area contributed by atoms with Gasteiger partial charge in [0.2, 0.25) is 0 Å². The summed E-state index contributed by atoms with van der Waals surface area (Å²) in [4.78, 5) is 43.0. The van der Waals surface area contributed by atoms with Crippen molar-refractivity contribution in [3.8, 4) is 5.75 Å². The van der Waals surface area contributed by atoms with Gasteiger partial charge >= 0.3 is 5.91 Å². The average Bonchev–Trinajstić information content (AvgIpc) is 3.41. The minimum absolute atomic E-state index is 0.155. The van der Waals surface area contributed by atoms with Crippen LogP contribution in [0.3, 0.4) is 0 Å². The third kappa shape index (κ3) is 3.96. The Kier molecular flexibility index (Phi) is 5.91. The van der Waals surface area contributed by atoms with E-state index in [4.69, 9.17) is 16.3 Å². The van der Waals surface area contributed by atoms with Gasteiger partial charge in [0.05, 0.1) is 33.9 Å². The zero-order valence-electron chi connectivity index (χ0n) is 18.5. The Labute approximate surface area is 213 Å². The predicted molar refractivity (Wildman–Crippen MR) is 136 cm³/mol. The van der Waals surface area contributed by atoms with Crippen LogP contribution in [0.5, 0.6) is 5.75 Å². The van der Waals surface area contributed by atoms with Gasteiger partial charge in [-0.2, -0.15) is 0 Å². The Balaban J connectivity index is 1.72. The van der Waals surface area contributed by atoms with Crippen molar-refractivity contribution in [2.45, 2.75) is 6.04 Å². The summed E-state index contributed by atoms with van der Waals surface area (Å²) in [7, 11) is 1.47. The molecule has 36 heavy (non-hydrogen) atoms. The average molecular weight is 522 g/mol. The van der Waals surface area contributed by atoms with Crippen LogP contribution in [-0.4, -0.2) is 33.8 Å².